The van der Waals surface area contributed by atoms with Crippen LogP contribution in [-0.2, 0) is 19.0 Å². The second-order valence-corrected chi connectivity index (χ2v) is 7.73. The van der Waals surface area contributed by atoms with Crippen LogP contribution in [0.4, 0.5) is 20.6 Å². The number of nitrogens with two attached hydrogens (primary N) is 1. The summed E-state index contributed by atoms with van der Waals surface area (Å²) in [4.78, 5) is 28.8. The van der Waals surface area contributed by atoms with E-state index in [0.29, 0.717) is 30.2 Å². The lowest BCUT2D eigenvalue weighted by atomic mass is 10.2. The second-order valence-electron chi connectivity index (χ2n) is 7.33. The fraction of sp³-hybridized carbons (Fsp3) is 0.348. The quantitative estimate of drug-likeness (QED) is 0.353. The lowest BCUT2D eigenvalue weighted by molar-refractivity contribution is -0.126. The molecule has 2 aliphatic rings. The van der Waals surface area contributed by atoms with Crippen molar-refractivity contribution in [2.24, 2.45) is 5.73 Å². The number of anilines is 2. The maximum Gasteiger partial charge on any atom is 0.414 e. The van der Waals surface area contributed by atoms with Gasteiger partial charge in [0.25, 0.3) is 5.17 Å². The summed E-state index contributed by atoms with van der Waals surface area (Å²) in [5, 5.41) is 0.0880. The molecule has 2 saturated heterocycles. The lowest BCUT2D eigenvalue weighted by Crippen LogP contribution is -2.28. The minimum atomic E-state index is -0.490. The molecule has 34 heavy (non-hydrogen) atoms. The number of hydrogen-bond donors (Lipinski definition) is 1. The minimum absolute atomic E-state index is 0.0880. The molecule has 0 radical (unpaired) electrons. The van der Waals surface area contributed by atoms with Crippen molar-refractivity contribution in [3.8, 4) is 0 Å². The SMILES string of the molecule is C=C/C=C(\C=C/CN1CN(c2ccc(N3CC(C)OC3=O)cc2F)CC1=O)OC.COC(N)=S. The number of allylic oxidation sites excluding steroid dienone is 3. The molecule has 1 atom stereocenters. The molecule has 9 nitrogen and oxygen atoms in total. The number of thiocarbonyl (C=S) groups is 1. The highest BCUT2D eigenvalue weighted by Crippen LogP contribution is 2.29. The molecule has 0 aromatic heterocycles. The van der Waals surface area contributed by atoms with Crippen LogP contribution in [0.15, 0.2) is 54.8 Å². The molecule has 0 saturated carbocycles. The average Bonchev–Trinajstić information content (AvgIpc) is 3.34. The van der Waals surface area contributed by atoms with E-state index in [2.05, 4.69) is 23.5 Å². The third-order valence-corrected chi connectivity index (χ3v) is 5.06. The molecule has 1 aromatic rings. The Bertz CT molecular complexity index is 984. The topological polar surface area (TPSA) is 97.6 Å². The number of hydrogen-bond acceptors (Lipinski definition) is 7. The highest BCUT2D eigenvalue weighted by atomic mass is 32.1. The monoisotopic (exact) mass is 492 g/mol. The number of benzene rings is 1. The highest BCUT2D eigenvalue weighted by Gasteiger charge is 2.31. The van der Waals surface area contributed by atoms with Crippen molar-refractivity contribution in [1.29, 1.82) is 0 Å². The first-order valence-corrected chi connectivity index (χ1v) is 10.8. The van der Waals surface area contributed by atoms with Crippen LogP contribution in [-0.4, -0.2) is 68.7 Å². The number of nitrogens with zero attached hydrogens (tertiary/aromatic N) is 3. The van der Waals surface area contributed by atoms with Gasteiger partial charge in [-0.3, -0.25) is 9.69 Å². The molecule has 2 fully saturated rings. The first-order chi connectivity index (χ1) is 16.2. The van der Waals surface area contributed by atoms with Gasteiger partial charge in [0.2, 0.25) is 5.91 Å². The summed E-state index contributed by atoms with van der Waals surface area (Å²) in [7, 11) is 2.99. The largest absolute Gasteiger partial charge is 0.497 e. The highest BCUT2D eigenvalue weighted by molar-refractivity contribution is 7.80. The van der Waals surface area contributed by atoms with Gasteiger partial charge >= 0.3 is 6.09 Å². The zero-order valence-electron chi connectivity index (χ0n) is 19.4. The predicted octanol–water partition coefficient (Wildman–Crippen LogP) is 2.93. The van der Waals surface area contributed by atoms with Crippen molar-refractivity contribution in [2.45, 2.75) is 13.0 Å². The molecular weight excluding hydrogens is 463 g/mol. The van der Waals surface area contributed by atoms with Crippen LogP contribution in [0.2, 0.25) is 0 Å². The van der Waals surface area contributed by atoms with Gasteiger partial charge < -0.3 is 29.7 Å². The van der Waals surface area contributed by atoms with E-state index in [9.17, 15) is 14.0 Å². The first kappa shape index (κ1) is 26.7. The average molecular weight is 493 g/mol. The minimum Gasteiger partial charge on any atom is -0.497 e. The number of ether oxygens (including phenoxy) is 3. The summed E-state index contributed by atoms with van der Waals surface area (Å²) in [6.07, 6.45) is 6.16. The maximum absolute atomic E-state index is 14.7. The van der Waals surface area contributed by atoms with Crippen molar-refractivity contribution in [3.05, 3.63) is 60.7 Å². The number of carbonyl (C=O) groups excluding carboxylic acids is 2. The van der Waals surface area contributed by atoms with Crippen LogP contribution in [0.5, 0.6) is 0 Å². The van der Waals surface area contributed by atoms with Crippen molar-refractivity contribution >= 4 is 40.8 Å². The van der Waals surface area contributed by atoms with E-state index < -0.39 is 11.9 Å². The molecule has 1 unspecified atom stereocenters. The smallest absolute Gasteiger partial charge is 0.414 e. The molecule has 2 N–H and O–H groups in total. The normalized spacial score (nSPS) is 18.1. The summed E-state index contributed by atoms with van der Waals surface area (Å²) in [6, 6.07) is 4.55. The van der Waals surface area contributed by atoms with Gasteiger partial charge in [-0.1, -0.05) is 18.7 Å². The summed E-state index contributed by atoms with van der Waals surface area (Å²) in [5.74, 6) is 0.0391. The summed E-state index contributed by atoms with van der Waals surface area (Å²) < 4.78 is 29.2. The summed E-state index contributed by atoms with van der Waals surface area (Å²) in [6.45, 7) is 6.51. The van der Waals surface area contributed by atoms with E-state index in [-0.39, 0.29) is 30.4 Å². The van der Waals surface area contributed by atoms with Gasteiger partial charge in [0, 0.05) is 6.54 Å². The standard InChI is InChI=1S/C21H24FN3O4.C2H5NOS/c1-4-6-17(28-3)7-5-10-23-14-24(13-20(23)26)19-9-8-16(11-18(19)22)25-12-15(2)29-21(25)27;1-4-2(3)5/h4-9,11,15H,1,10,12-14H2,2-3H3;1H3,(H2,3,5)/b7-5-,17-6+;. The lowest BCUT2D eigenvalue weighted by Gasteiger charge is -2.21. The van der Waals surface area contributed by atoms with Crippen LogP contribution in [0.25, 0.3) is 0 Å². The molecule has 11 heteroatoms. The van der Waals surface area contributed by atoms with E-state index in [1.165, 1.54) is 18.1 Å². The third-order valence-electron chi connectivity index (χ3n) is 4.89. The van der Waals surface area contributed by atoms with Gasteiger partial charge in [-0.15, -0.1) is 0 Å². The molecule has 1 aromatic carbocycles. The zero-order chi connectivity index (χ0) is 25.3. The van der Waals surface area contributed by atoms with Gasteiger partial charge in [0.05, 0.1) is 45.4 Å². The Morgan fingerprint density at radius 1 is 1.35 bits per heavy atom. The Balaban J connectivity index is 0.000000739. The Kier molecular flexibility index (Phi) is 9.87. The van der Waals surface area contributed by atoms with Crippen molar-refractivity contribution in [1.82, 2.24) is 4.90 Å². The fourth-order valence-electron chi connectivity index (χ4n) is 3.26. The fourth-order valence-corrected chi connectivity index (χ4v) is 3.26. The van der Waals surface area contributed by atoms with Crippen LogP contribution in [0.1, 0.15) is 6.92 Å². The van der Waals surface area contributed by atoms with Crippen LogP contribution < -0.4 is 15.5 Å². The number of halogens is 1. The van der Waals surface area contributed by atoms with E-state index >= 15 is 0 Å². The van der Waals surface area contributed by atoms with E-state index in [0.717, 1.165) is 0 Å². The van der Waals surface area contributed by atoms with E-state index in [1.54, 1.807) is 60.3 Å². The van der Waals surface area contributed by atoms with Crippen LogP contribution in [0, 0.1) is 5.82 Å². The molecule has 0 aliphatic carbocycles. The van der Waals surface area contributed by atoms with Crippen LogP contribution in [0.3, 0.4) is 0 Å². The van der Waals surface area contributed by atoms with Gasteiger partial charge in [0.15, 0.2) is 0 Å². The van der Waals surface area contributed by atoms with Gasteiger partial charge in [-0.05, 0) is 49.5 Å². The molecule has 2 aliphatic heterocycles. The predicted molar refractivity (Wildman–Crippen MR) is 132 cm³/mol. The van der Waals surface area contributed by atoms with Crippen LogP contribution >= 0.6 is 12.2 Å². The van der Waals surface area contributed by atoms with Gasteiger partial charge in [0.1, 0.15) is 17.7 Å². The van der Waals surface area contributed by atoms with Gasteiger partial charge in [-0.2, -0.15) is 0 Å². The molecule has 0 spiro atoms. The zero-order valence-corrected chi connectivity index (χ0v) is 20.2. The van der Waals surface area contributed by atoms with Crippen molar-refractivity contribution in [3.63, 3.8) is 0 Å². The molecule has 0 bridgehead atoms. The van der Waals surface area contributed by atoms with Crippen molar-refractivity contribution in [2.75, 3.05) is 50.3 Å². The van der Waals surface area contributed by atoms with E-state index in [4.69, 9.17) is 15.2 Å². The number of amides is 2. The number of carbonyl (C=O) groups is 2. The van der Waals surface area contributed by atoms with Crippen molar-refractivity contribution < 1.29 is 28.2 Å². The molecule has 184 valence electrons. The molecular formula is C23H29FN4O5S. The van der Waals surface area contributed by atoms with Gasteiger partial charge in [-0.25, -0.2) is 9.18 Å². The Morgan fingerprint density at radius 3 is 2.59 bits per heavy atom. The Morgan fingerprint density at radius 2 is 2.06 bits per heavy atom. The molecule has 2 amide bonds. The second kappa shape index (κ2) is 12.6. The Hall–Kier alpha value is -3.60. The summed E-state index contributed by atoms with van der Waals surface area (Å²) >= 11 is 4.25. The Labute approximate surface area is 203 Å². The first-order valence-electron chi connectivity index (χ1n) is 10.4. The number of methoxy groups -OCH3 is 2. The molecule has 3 rings (SSSR count). The summed E-state index contributed by atoms with van der Waals surface area (Å²) in [5.41, 5.74) is 5.56. The molecule has 2 heterocycles. The maximum atomic E-state index is 14.7. The number of rotatable bonds is 7. The number of cyclic esters (lactones) is 1. The third kappa shape index (κ3) is 7.20. The van der Waals surface area contributed by atoms with E-state index in [1.807, 2.05) is 0 Å².